The number of benzene rings is 2. The van der Waals surface area contributed by atoms with Gasteiger partial charge in [0.05, 0.1) is 21.3 Å². The molecule has 37 heavy (non-hydrogen) atoms. The van der Waals surface area contributed by atoms with Crippen LogP contribution in [0, 0.1) is 23.2 Å². The van der Waals surface area contributed by atoms with E-state index in [1.165, 1.54) is 19.3 Å². The molecule has 4 bridgehead atoms. The van der Waals surface area contributed by atoms with Gasteiger partial charge in [0.15, 0.2) is 0 Å². The van der Waals surface area contributed by atoms with Crippen LogP contribution in [0.4, 0.5) is 5.69 Å². The Balaban J connectivity index is 1.00. The fourth-order valence-corrected chi connectivity index (χ4v) is 9.52. The summed E-state index contributed by atoms with van der Waals surface area (Å²) in [4.78, 5) is 21.8. The summed E-state index contributed by atoms with van der Waals surface area (Å²) in [6.45, 7) is 0.934. The number of aromatic nitrogens is 2. The number of H-pyrrole nitrogens is 1. The van der Waals surface area contributed by atoms with E-state index in [1.807, 2.05) is 24.3 Å². The van der Waals surface area contributed by atoms with E-state index in [-0.39, 0.29) is 22.1 Å². The van der Waals surface area contributed by atoms with Crippen LogP contribution in [0.5, 0.6) is 0 Å². The van der Waals surface area contributed by atoms with Crippen LogP contribution in [0.15, 0.2) is 53.4 Å². The Kier molecular flexibility index (Phi) is 5.48. The second-order valence-corrected chi connectivity index (χ2v) is 13.9. The van der Waals surface area contributed by atoms with Gasteiger partial charge in [0.25, 0.3) is 0 Å². The zero-order chi connectivity index (χ0) is 25.2. The molecule has 1 aliphatic heterocycles. The number of carbonyl (C=O) groups is 1. The maximum absolute atomic E-state index is 13.4. The third-order valence-electron chi connectivity index (χ3n) is 9.52. The number of anilines is 1. The minimum absolute atomic E-state index is 0.134. The van der Waals surface area contributed by atoms with Crippen LogP contribution in [0.1, 0.15) is 63.1 Å². The Morgan fingerprint density at radius 1 is 0.919 bits per heavy atom. The molecule has 1 aromatic heterocycles. The number of fused-ring (bicyclic) bond motifs is 1. The van der Waals surface area contributed by atoms with Gasteiger partial charge in [0, 0.05) is 24.7 Å². The first-order chi connectivity index (χ1) is 17.9. The summed E-state index contributed by atoms with van der Waals surface area (Å²) in [6.07, 6.45) is 8.41. The van der Waals surface area contributed by atoms with Gasteiger partial charge in [-0.2, -0.15) is 4.31 Å². The SMILES string of the molecule is O=C(Nc1ccc(S(=O)(=O)N2CCC(c3nc4ccccc4[nH]3)CC2)cc1)C12CC3CC(CC(C3)C1)C2. The molecule has 7 nitrogen and oxygen atoms in total. The number of carbonyl (C=O) groups excluding carboxylic acids is 1. The lowest BCUT2D eigenvalue weighted by Crippen LogP contribution is -2.51. The molecular formula is C29H34N4O3S. The van der Waals surface area contributed by atoms with Crippen molar-refractivity contribution in [3.63, 3.8) is 0 Å². The van der Waals surface area contributed by atoms with Crippen molar-refractivity contribution >= 4 is 32.7 Å². The van der Waals surface area contributed by atoms with Crippen LogP contribution >= 0.6 is 0 Å². The van der Waals surface area contributed by atoms with Crippen molar-refractivity contribution in [1.29, 1.82) is 0 Å². The predicted molar refractivity (Wildman–Crippen MR) is 143 cm³/mol. The van der Waals surface area contributed by atoms with Crippen LogP contribution in [0.2, 0.25) is 0 Å². The Labute approximate surface area is 218 Å². The lowest BCUT2D eigenvalue weighted by molar-refractivity contribution is -0.140. The Morgan fingerprint density at radius 3 is 2.16 bits per heavy atom. The van der Waals surface area contributed by atoms with Crippen LogP contribution in [0.3, 0.4) is 0 Å². The largest absolute Gasteiger partial charge is 0.342 e. The van der Waals surface area contributed by atoms with Crippen molar-refractivity contribution in [3.05, 3.63) is 54.4 Å². The first-order valence-electron chi connectivity index (χ1n) is 13.7. The second-order valence-electron chi connectivity index (χ2n) is 12.0. The lowest BCUT2D eigenvalue weighted by Gasteiger charge is -2.55. The van der Waals surface area contributed by atoms with E-state index in [2.05, 4.69) is 10.3 Å². The summed E-state index contributed by atoms with van der Waals surface area (Å²) in [6, 6.07) is 14.7. The fraction of sp³-hybridized carbons (Fsp3) is 0.517. The Bertz CT molecular complexity index is 1370. The van der Waals surface area contributed by atoms with E-state index in [4.69, 9.17) is 4.98 Å². The summed E-state index contributed by atoms with van der Waals surface area (Å²) in [5.74, 6) is 3.43. The topological polar surface area (TPSA) is 95.2 Å². The number of aromatic amines is 1. The van der Waals surface area contributed by atoms with Gasteiger partial charge in [-0.05, 0) is 106 Å². The molecule has 1 saturated heterocycles. The van der Waals surface area contributed by atoms with Crippen molar-refractivity contribution in [3.8, 4) is 0 Å². The molecule has 2 N–H and O–H groups in total. The van der Waals surface area contributed by atoms with Crippen LogP contribution in [0.25, 0.3) is 11.0 Å². The molecule has 3 aromatic rings. The van der Waals surface area contributed by atoms with E-state index >= 15 is 0 Å². The number of hydrogen-bond donors (Lipinski definition) is 2. The minimum Gasteiger partial charge on any atom is -0.342 e. The van der Waals surface area contributed by atoms with E-state index in [1.54, 1.807) is 28.6 Å². The molecule has 8 rings (SSSR count). The highest BCUT2D eigenvalue weighted by atomic mass is 32.2. The number of sulfonamides is 1. The summed E-state index contributed by atoms with van der Waals surface area (Å²) in [7, 11) is -3.58. The highest BCUT2D eigenvalue weighted by molar-refractivity contribution is 7.89. The number of imidazole rings is 1. The standard InChI is InChI=1S/C29H34N4O3S/c34-28(29-16-19-13-20(17-29)15-21(14-19)18-29)30-23-5-7-24(8-6-23)37(35,36)33-11-9-22(10-12-33)27-31-25-3-1-2-4-26(25)32-27/h1-8,19-22H,9-18H2,(H,30,34)(H,31,32). The monoisotopic (exact) mass is 518 g/mol. The molecule has 0 spiro atoms. The highest BCUT2D eigenvalue weighted by Crippen LogP contribution is 2.60. The molecule has 0 radical (unpaired) electrons. The molecule has 1 amide bonds. The Hall–Kier alpha value is -2.71. The molecule has 2 aromatic carbocycles. The summed E-state index contributed by atoms with van der Waals surface area (Å²) in [5.41, 5.74) is 2.43. The first kappa shape index (κ1) is 23.4. The van der Waals surface area contributed by atoms with Crippen molar-refractivity contribution in [2.45, 2.75) is 62.2 Å². The molecule has 8 heteroatoms. The number of para-hydroxylation sites is 2. The summed E-state index contributed by atoms with van der Waals surface area (Å²) >= 11 is 0. The van der Waals surface area contributed by atoms with Crippen LogP contribution in [-0.4, -0.2) is 41.7 Å². The average molecular weight is 519 g/mol. The molecule has 0 atom stereocenters. The maximum Gasteiger partial charge on any atom is 0.243 e. The Morgan fingerprint density at radius 2 is 1.54 bits per heavy atom. The predicted octanol–water partition coefficient (Wildman–Crippen LogP) is 5.29. The molecule has 194 valence electrons. The number of nitrogens with zero attached hydrogens (tertiary/aromatic N) is 2. The number of nitrogens with one attached hydrogen (secondary N) is 2. The van der Waals surface area contributed by atoms with E-state index in [9.17, 15) is 13.2 Å². The normalized spacial score (nSPS) is 30.1. The molecular weight excluding hydrogens is 484 g/mol. The van der Waals surface area contributed by atoms with Crippen LogP contribution < -0.4 is 5.32 Å². The van der Waals surface area contributed by atoms with E-state index < -0.39 is 10.0 Å². The maximum atomic E-state index is 13.4. The molecule has 5 fully saturated rings. The number of hydrogen-bond acceptors (Lipinski definition) is 4. The molecule has 2 heterocycles. The number of rotatable bonds is 5. The third kappa shape index (κ3) is 4.09. The molecule has 5 aliphatic rings. The summed E-state index contributed by atoms with van der Waals surface area (Å²) in [5, 5.41) is 3.13. The quantitative estimate of drug-likeness (QED) is 0.480. The van der Waals surface area contributed by atoms with Gasteiger partial charge in [-0.1, -0.05) is 12.1 Å². The lowest BCUT2D eigenvalue weighted by atomic mass is 9.49. The van der Waals surface area contributed by atoms with Crippen molar-refractivity contribution in [2.75, 3.05) is 18.4 Å². The molecule has 4 saturated carbocycles. The fourth-order valence-electron chi connectivity index (χ4n) is 8.05. The number of piperidine rings is 1. The smallest absolute Gasteiger partial charge is 0.243 e. The minimum atomic E-state index is -3.58. The van der Waals surface area contributed by atoms with Crippen molar-refractivity contribution in [1.82, 2.24) is 14.3 Å². The van der Waals surface area contributed by atoms with E-state index in [0.717, 1.165) is 49.0 Å². The van der Waals surface area contributed by atoms with E-state index in [0.29, 0.717) is 36.5 Å². The van der Waals surface area contributed by atoms with Gasteiger partial charge in [0.1, 0.15) is 5.82 Å². The van der Waals surface area contributed by atoms with Gasteiger partial charge >= 0.3 is 0 Å². The van der Waals surface area contributed by atoms with Gasteiger partial charge in [0.2, 0.25) is 15.9 Å². The van der Waals surface area contributed by atoms with Crippen LogP contribution in [-0.2, 0) is 14.8 Å². The molecule has 4 aliphatic carbocycles. The summed E-state index contributed by atoms with van der Waals surface area (Å²) < 4.78 is 28.3. The average Bonchev–Trinajstić information content (AvgIpc) is 3.33. The second kappa shape index (κ2) is 8.67. The van der Waals surface area contributed by atoms with Crippen molar-refractivity contribution < 1.29 is 13.2 Å². The number of amides is 1. The zero-order valence-electron chi connectivity index (χ0n) is 21.0. The third-order valence-corrected chi connectivity index (χ3v) is 11.4. The first-order valence-corrected chi connectivity index (χ1v) is 15.2. The molecule has 0 unspecified atom stereocenters. The van der Waals surface area contributed by atoms with Gasteiger partial charge in [-0.25, -0.2) is 13.4 Å². The van der Waals surface area contributed by atoms with Gasteiger partial charge in [-0.15, -0.1) is 0 Å². The van der Waals surface area contributed by atoms with Gasteiger partial charge < -0.3 is 10.3 Å². The van der Waals surface area contributed by atoms with Gasteiger partial charge in [-0.3, -0.25) is 4.79 Å². The highest BCUT2D eigenvalue weighted by Gasteiger charge is 2.54. The zero-order valence-corrected chi connectivity index (χ0v) is 21.8. The van der Waals surface area contributed by atoms with Crippen molar-refractivity contribution in [2.24, 2.45) is 23.2 Å².